The van der Waals surface area contributed by atoms with Gasteiger partial charge in [-0.05, 0) is 24.6 Å². The Hall–Kier alpha value is -1.46. The first kappa shape index (κ1) is 13.6. The molecular weight excluding hydrogens is 223 g/mol. The van der Waals surface area contributed by atoms with Gasteiger partial charge in [0.25, 0.3) is 0 Å². The molecule has 0 aliphatic carbocycles. The minimum Gasteiger partial charge on any atom is -0.383 e. The fraction of sp³-hybridized carbons (Fsp3) is 0.417. The van der Waals surface area contributed by atoms with Gasteiger partial charge in [-0.2, -0.15) is 0 Å². The molecule has 1 rings (SSSR count). The average Bonchev–Trinajstić information content (AvgIpc) is 2.29. The lowest BCUT2D eigenvalue weighted by Crippen LogP contribution is -2.44. The summed E-state index contributed by atoms with van der Waals surface area (Å²) in [5.41, 5.74) is 6.27. The molecule has 1 amide bonds. The van der Waals surface area contributed by atoms with Gasteiger partial charge in [-0.15, -0.1) is 0 Å². The highest BCUT2D eigenvalue weighted by Crippen LogP contribution is 2.13. The van der Waals surface area contributed by atoms with E-state index in [0.29, 0.717) is 5.56 Å². The van der Waals surface area contributed by atoms with Crippen LogP contribution in [0.25, 0.3) is 0 Å². The molecular formula is C12H17FN2O2. The van der Waals surface area contributed by atoms with Gasteiger partial charge in [-0.25, -0.2) is 4.39 Å². The van der Waals surface area contributed by atoms with E-state index in [1.807, 2.05) is 0 Å². The lowest BCUT2D eigenvalue weighted by molar-refractivity contribution is -0.124. The molecule has 0 fully saturated rings. The number of halogens is 1. The Morgan fingerprint density at radius 3 is 2.88 bits per heavy atom. The fourth-order valence-electron chi connectivity index (χ4n) is 1.43. The number of nitrogens with two attached hydrogens (primary N) is 1. The van der Waals surface area contributed by atoms with Crippen molar-refractivity contribution in [2.24, 2.45) is 5.73 Å². The monoisotopic (exact) mass is 240 g/mol. The van der Waals surface area contributed by atoms with Gasteiger partial charge in [0.1, 0.15) is 11.9 Å². The van der Waals surface area contributed by atoms with Crippen LogP contribution in [-0.2, 0) is 9.53 Å². The molecule has 0 saturated carbocycles. The molecule has 17 heavy (non-hydrogen) atoms. The normalized spacial score (nSPS) is 14.1. The number of hydrogen-bond donors (Lipinski definition) is 2. The quantitative estimate of drug-likeness (QED) is 0.806. The molecule has 94 valence electrons. The van der Waals surface area contributed by atoms with Crippen LogP contribution in [-0.4, -0.2) is 25.7 Å². The van der Waals surface area contributed by atoms with E-state index < -0.39 is 6.04 Å². The van der Waals surface area contributed by atoms with Crippen molar-refractivity contribution in [3.8, 4) is 0 Å². The van der Waals surface area contributed by atoms with E-state index in [1.54, 1.807) is 19.1 Å². The van der Waals surface area contributed by atoms with Crippen molar-refractivity contribution in [3.63, 3.8) is 0 Å². The molecule has 3 N–H and O–H groups in total. The molecule has 0 spiro atoms. The number of carbonyl (C=O) groups is 1. The standard InChI is InChI=1S/C12H17FN2O2/c1-8(9-4-3-5-10(13)6-9)15-12(16)11(14)7-17-2/h3-6,8,11H,7,14H2,1-2H3,(H,15,16). The Labute approximate surface area is 100.0 Å². The zero-order valence-electron chi connectivity index (χ0n) is 9.94. The summed E-state index contributed by atoms with van der Waals surface area (Å²) in [5, 5.41) is 2.70. The Morgan fingerprint density at radius 1 is 1.59 bits per heavy atom. The van der Waals surface area contributed by atoms with Gasteiger partial charge in [-0.3, -0.25) is 4.79 Å². The first-order valence-electron chi connectivity index (χ1n) is 5.35. The van der Waals surface area contributed by atoms with E-state index in [1.165, 1.54) is 19.2 Å². The second-order valence-corrected chi connectivity index (χ2v) is 3.85. The number of amides is 1. The summed E-state index contributed by atoms with van der Waals surface area (Å²) >= 11 is 0. The molecule has 5 heteroatoms. The summed E-state index contributed by atoms with van der Waals surface area (Å²) in [6, 6.07) is 5.08. The van der Waals surface area contributed by atoms with E-state index in [9.17, 15) is 9.18 Å². The molecule has 1 aromatic carbocycles. The predicted molar refractivity (Wildman–Crippen MR) is 62.8 cm³/mol. The van der Waals surface area contributed by atoms with Gasteiger partial charge >= 0.3 is 0 Å². The van der Waals surface area contributed by atoms with Gasteiger partial charge in [-0.1, -0.05) is 12.1 Å². The molecule has 1 aromatic rings. The highest BCUT2D eigenvalue weighted by molar-refractivity contribution is 5.82. The van der Waals surface area contributed by atoms with Crippen LogP contribution in [0.15, 0.2) is 24.3 Å². The van der Waals surface area contributed by atoms with Crippen LogP contribution < -0.4 is 11.1 Å². The average molecular weight is 240 g/mol. The third-order valence-corrected chi connectivity index (χ3v) is 2.39. The Kier molecular flexibility index (Phi) is 5.06. The summed E-state index contributed by atoms with van der Waals surface area (Å²) in [6.45, 7) is 1.92. The SMILES string of the molecule is COCC(N)C(=O)NC(C)c1cccc(F)c1. The fourth-order valence-corrected chi connectivity index (χ4v) is 1.43. The largest absolute Gasteiger partial charge is 0.383 e. The van der Waals surface area contributed by atoms with Crippen molar-refractivity contribution in [1.29, 1.82) is 0 Å². The van der Waals surface area contributed by atoms with Crippen LogP contribution in [0.5, 0.6) is 0 Å². The first-order chi connectivity index (χ1) is 8.04. The first-order valence-corrected chi connectivity index (χ1v) is 5.35. The number of benzene rings is 1. The lowest BCUT2D eigenvalue weighted by Gasteiger charge is -2.17. The van der Waals surface area contributed by atoms with Crippen LogP contribution in [0.4, 0.5) is 4.39 Å². The van der Waals surface area contributed by atoms with Gasteiger partial charge in [0.05, 0.1) is 12.6 Å². The molecule has 2 atom stereocenters. The van der Waals surface area contributed by atoms with Gasteiger partial charge < -0.3 is 15.8 Å². The van der Waals surface area contributed by atoms with Crippen LogP contribution in [0.1, 0.15) is 18.5 Å². The summed E-state index contributed by atoms with van der Waals surface area (Å²) in [4.78, 5) is 11.6. The molecule has 4 nitrogen and oxygen atoms in total. The smallest absolute Gasteiger partial charge is 0.239 e. The molecule has 0 aliphatic rings. The van der Waals surface area contributed by atoms with Crippen LogP contribution in [0.2, 0.25) is 0 Å². The topological polar surface area (TPSA) is 64.3 Å². The summed E-state index contributed by atoms with van der Waals surface area (Å²) in [5.74, 6) is -0.645. The van der Waals surface area contributed by atoms with Crippen LogP contribution >= 0.6 is 0 Å². The third kappa shape index (κ3) is 4.13. The minimum atomic E-state index is -0.712. The van der Waals surface area contributed by atoms with Crippen LogP contribution in [0.3, 0.4) is 0 Å². The number of carbonyl (C=O) groups excluding carboxylic acids is 1. The Bertz CT molecular complexity index is 385. The van der Waals surface area contributed by atoms with Crippen molar-refractivity contribution in [1.82, 2.24) is 5.32 Å². The molecule has 0 aromatic heterocycles. The van der Waals surface area contributed by atoms with Crippen molar-refractivity contribution in [2.75, 3.05) is 13.7 Å². The second kappa shape index (κ2) is 6.32. The minimum absolute atomic E-state index is 0.154. The van der Waals surface area contributed by atoms with Gasteiger partial charge in [0.15, 0.2) is 0 Å². The van der Waals surface area contributed by atoms with E-state index in [4.69, 9.17) is 10.5 Å². The van der Waals surface area contributed by atoms with Crippen molar-refractivity contribution >= 4 is 5.91 Å². The van der Waals surface area contributed by atoms with Gasteiger partial charge in [0, 0.05) is 7.11 Å². The van der Waals surface area contributed by atoms with Crippen molar-refractivity contribution in [3.05, 3.63) is 35.6 Å². The number of hydrogen-bond acceptors (Lipinski definition) is 3. The summed E-state index contributed by atoms with van der Waals surface area (Å²) in [6.07, 6.45) is 0. The predicted octanol–water partition coefficient (Wildman–Crippen LogP) is 0.977. The zero-order valence-corrected chi connectivity index (χ0v) is 9.94. The number of rotatable bonds is 5. The zero-order chi connectivity index (χ0) is 12.8. The van der Waals surface area contributed by atoms with Gasteiger partial charge in [0.2, 0.25) is 5.91 Å². The third-order valence-electron chi connectivity index (χ3n) is 2.39. The number of methoxy groups -OCH3 is 1. The highest BCUT2D eigenvalue weighted by Gasteiger charge is 2.16. The van der Waals surface area contributed by atoms with Crippen molar-refractivity contribution in [2.45, 2.75) is 19.0 Å². The van der Waals surface area contributed by atoms with E-state index in [0.717, 1.165) is 0 Å². The van der Waals surface area contributed by atoms with E-state index >= 15 is 0 Å². The van der Waals surface area contributed by atoms with Crippen LogP contribution in [0, 0.1) is 5.82 Å². The number of ether oxygens (including phenoxy) is 1. The molecule has 0 heterocycles. The molecule has 0 aliphatic heterocycles. The van der Waals surface area contributed by atoms with Crippen molar-refractivity contribution < 1.29 is 13.9 Å². The Balaban J connectivity index is 2.60. The maximum absolute atomic E-state index is 13.0. The molecule has 0 saturated heterocycles. The second-order valence-electron chi connectivity index (χ2n) is 3.85. The van der Waals surface area contributed by atoms with E-state index in [2.05, 4.69) is 5.32 Å². The lowest BCUT2D eigenvalue weighted by atomic mass is 10.1. The summed E-state index contributed by atoms with van der Waals surface area (Å²) in [7, 11) is 1.48. The Morgan fingerprint density at radius 2 is 2.29 bits per heavy atom. The molecule has 0 radical (unpaired) electrons. The number of nitrogens with one attached hydrogen (secondary N) is 1. The molecule has 0 bridgehead atoms. The molecule has 2 unspecified atom stereocenters. The van der Waals surface area contributed by atoms with E-state index in [-0.39, 0.29) is 24.4 Å². The maximum Gasteiger partial charge on any atom is 0.239 e. The summed E-state index contributed by atoms with van der Waals surface area (Å²) < 4.78 is 17.8. The highest BCUT2D eigenvalue weighted by atomic mass is 19.1. The maximum atomic E-state index is 13.0.